The lowest BCUT2D eigenvalue weighted by Gasteiger charge is -2.34. The molecular formula is C26H28ClF3N6O3. The first-order chi connectivity index (χ1) is 19.3. The zero-order valence-electron chi connectivity index (χ0n) is 23.0. The molecule has 0 aliphatic carbocycles. The average Bonchev–Trinajstić information content (AvgIpc) is 3.47. The smallest absolute Gasteiger partial charge is 0.419 e. The van der Waals surface area contributed by atoms with E-state index in [9.17, 15) is 23.1 Å². The molecule has 3 aliphatic heterocycles. The summed E-state index contributed by atoms with van der Waals surface area (Å²) in [5.74, 6) is -0.212. The average molecular weight is 567 g/mol. The normalized spacial score (nSPS) is 24.7. The van der Waals surface area contributed by atoms with E-state index in [1.54, 1.807) is 7.05 Å². The van der Waals surface area contributed by atoms with E-state index in [1.165, 1.54) is 12.3 Å². The summed E-state index contributed by atoms with van der Waals surface area (Å²) in [5.41, 5.74) is -3.13. The van der Waals surface area contributed by atoms with Crippen molar-refractivity contribution in [1.29, 1.82) is 0 Å². The van der Waals surface area contributed by atoms with Crippen LogP contribution in [0.15, 0.2) is 29.2 Å². The highest BCUT2D eigenvalue weighted by Crippen LogP contribution is 2.41. The minimum absolute atomic E-state index is 0.200. The fraction of sp³-hybridized carbons (Fsp3) is 0.500. The number of likely N-dealkylation sites (N-methyl/N-ethyl adjacent to an activating group) is 1. The Morgan fingerprint density at radius 3 is 2.64 bits per heavy atom. The van der Waals surface area contributed by atoms with E-state index >= 15 is 0 Å². The number of fused-ring (bicyclic) bond motifs is 3. The molecule has 0 radical (unpaired) electrons. The van der Waals surface area contributed by atoms with Crippen LogP contribution in [0, 0.1) is 0 Å². The second-order valence-electron chi connectivity index (χ2n) is 10.3. The first kappa shape index (κ1) is 23.8. The molecule has 2 aromatic heterocycles. The van der Waals surface area contributed by atoms with Gasteiger partial charge in [-0.05, 0) is 51.4 Å². The molecule has 2 bridgehead atoms. The van der Waals surface area contributed by atoms with Crippen molar-refractivity contribution < 1.29 is 25.8 Å². The molecule has 13 heteroatoms. The number of phenolic OH excluding ortho intramolecular Hbond substituents is 1. The summed E-state index contributed by atoms with van der Waals surface area (Å²) in [4.78, 5) is 26.4. The molecule has 5 heterocycles. The summed E-state index contributed by atoms with van der Waals surface area (Å²) in [7, 11) is 1.79. The number of piperazine rings is 1. The molecule has 3 atom stereocenters. The highest BCUT2D eigenvalue weighted by atomic mass is 35.5. The van der Waals surface area contributed by atoms with Gasteiger partial charge in [-0.15, -0.1) is 0 Å². The van der Waals surface area contributed by atoms with Gasteiger partial charge in [-0.2, -0.15) is 23.1 Å². The van der Waals surface area contributed by atoms with Gasteiger partial charge in [-0.25, -0.2) is 0 Å². The third kappa shape index (κ3) is 4.89. The Kier molecular flexibility index (Phi) is 5.99. The summed E-state index contributed by atoms with van der Waals surface area (Å²) >= 11 is 5.87. The monoisotopic (exact) mass is 566 g/mol. The molecule has 0 saturated carbocycles. The number of hydrogen-bond donors (Lipinski definition) is 2. The SMILES string of the molecule is [2H]C([2H])(Oc1nc(N2C[C@H]3CC[C@@H](C2)N3)c2ccn(-c3cc(O)cc(Cl)c3C(F)(F)F)c(=O)c2n1)[C@@H]1CCCN1C. The van der Waals surface area contributed by atoms with E-state index in [1.807, 2.05) is 9.80 Å². The molecule has 0 amide bonds. The summed E-state index contributed by atoms with van der Waals surface area (Å²) in [5, 5.41) is 13.1. The van der Waals surface area contributed by atoms with Gasteiger partial charge in [0.25, 0.3) is 5.56 Å². The van der Waals surface area contributed by atoms with Crippen molar-refractivity contribution >= 4 is 28.3 Å². The second kappa shape index (κ2) is 9.83. The number of pyridine rings is 1. The van der Waals surface area contributed by atoms with Crippen LogP contribution in [0.1, 0.15) is 34.0 Å². The predicted octanol–water partition coefficient (Wildman–Crippen LogP) is 3.57. The maximum Gasteiger partial charge on any atom is 0.419 e. The molecule has 6 rings (SSSR count). The summed E-state index contributed by atoms with van der Waals surface area (Å²) in [6, 6.07) is 2.45. The molecule has 9 nitrogen and oxygen atoms in total. The number of benzene rings is 1. The van der Waals surface area contributed by atoms with Gasteiger partial charge in [0, 0.05) is 43.5 Å². The number of nitrogens with zero attached hydrogens (tertiary/aromatic N) is 5. The Labute approximate surface area is 230 Å². The number of aromatic nitrogens is 3. The molecular weight excluding hydrogens is 537 g/mol. The molecule has 3 fully saturated rings. The lowest BCUT2D eigenvalue weighted by molar-refractivity contribution is -0.137. The van der Waals surface area contributed by atoms with E-state index in [4.69, 9.17) is 19.1 Å². The maximum atomic E-state index is 14.0. The fourth-order valence-electron chi connectivity index (χ4n) is 5.76. The standard InChI is InChI=1S/C26H28ClF3N6O3/c1-34-7-2-3-16(34)13-39-25-32-22-18(23(33-25)35-11-14-4-5-15(12-35)31-14)6-8-36(24(22)38)20-10-17(37)9-19(27)21(20)26(28,29)30/h6,8-10,14-16,31,37H,2-5,7,11-13H2,1H3/t14-,15+,16-/m0/s1/i13D2. The first-order valence-corrected chi connectivity index (χ1v) is 13.1. The number of nitrogens with one attached hydrogen (secondary N) is 1. The Morgan fingerprint density at radius 1 is 1.23 bits per heavy atom. The van der Waals surface area contributed by atoms with Crippen molar-refractivity contribution in [1.82, 2.24) is 24.8 Å². The highest BCUT2D eigenvalue weighted by molar-refractivity contribution is 6.31. The fourth-order valence-corrected chi connectivity index (χ4v) is 6.08. The minimum atomic E-state index is -4.93. The summed E-state index contributed by atoms with van der Waals surface area (Å²) in [6.45, 7) is -0.359. The summed E-state index contributed by atoms with van der Waals surface area (Å²) < 4.78 is 65.7. The first-order valence-electron chi connectivity index (χ1n) is 13.8. The lowest BCUT2D eigenvalue weighted by atomic mass is 10.1. The van der Waals surface area contributed by atoms with E-state index in [2.05, 4.69) is 15.3 Å². The van der Waals surface area contributed by atoms with Crippen molar-refractivity contribution in [2.75, 3.05) is 38.1 Å². The lowest BCUT2D eigenvalue weighted by Crippen LogP contribution is -2.51. The van der Waals surface area contributed by atoms with Crippen molar-refractivity contribution in [3.63, 3.8) is 0 Å². The number of likely N-dealkylation sites (tertiary alicyclic amines) is 1. The van der Waals surface area contributed by atoms with Gasteiger partial charge >= 0.3 is 12.2 Å². The highest BCUT2D eigenvalue weighted by Gasteiger charge is 2.38. The number of rotatable bonds is 5. The van der Waals surface area contributed by atoms with Gasteiger partial charge in [0.1, 0.15) is 23.6 Å². The van der Waals surface area contributed by atoms with Crippen LogP contribution in [0.4, 0.5) is 19.0 Å². The van der Waals surface area contributed by atoms with Crippen LogP contribution >= 0.6 is 11.6 Å². The molecule has 39 heavy (non-hydrogen) atoms. The second-order valence-corrected chi connectivity index (χ2v) is 10.7. The molecule has 208 valence electrons. The van der Waals surface area contributed by atoms with E-state index in [0.717, 1.165) is 36.0 Å². The van der Waals surface area contributed by atoms with Gasteiger partial charge in [0.05, 0.1) is 24.4 Å². The zero-order chi connectivity index (χ0) is 29.3. The Bertz CT molecular complexity index is 1560. The number of phenols is 1. The number of hydrogen-bond acceptors (Lipinski definition) is 8. The van der Waals surface area contributed by atoms with Crippen molar-refractivity contribution in [3.05, 3.63) is 45.3 Å². The van der Waals surface area contributed by atoms with E-state index in [-0.39, 0.29) is 23.6 Å². The van der Waals surface area contributed by atoms with Crippen LogP contribution in [0.5, 0.6) is 11.8 Å². The molecule has 3 saturated heterocycles. The van der Waals surface area contributed by atoms with Crippen LogP contribution in [0.2, 0.25) is 5.02 Å². The molecule has 0 spiro atoms. The number of anilines is 1. The zero-order valence-corrected chi connectivity index (χ0v) is 21.8. The minimum Gasteiger partial charge on any atom is -0.508 e. The topological polar surface area (TPSA) is 95.8 Å². The quantitative estimate of drug-likeness (QED) is 0.484. The third-order valence-electron chi connectivity index (χ3n) is 7.64. The largest absolute Gasteiger partial charge is 0.508 e. The van der Waals surface area contributed by atoms with Crippen LogP contribution in [-0.2, 0) is 6.18 Å². The molecule has 1 aromatic carbocycles. The van der Waals surface area contributed by atoms with Crippen molar-refractivity contribution in [2.24, 2.45) is 0 Å². The van der Waals surface area contributed by atoms with Gasteiger partial charge in [-0.1, -0.05) is 11.6 Å². The molecule has 0 unspecified atom stereocenters. The Hall–Kier alpha value is -3.09. The third-order valence-corrected chi connectivity index (χ3v) is 7.93. The van der Waals surface area contributed by atoms with Crippen LogP contribution in [0.25, 0.3) is 16.6 Å². The Balaban J connectivity index is 1.53. The van der Waals surface area contributed by atoms with Crippen LogP contribution in [0.3, 0.4) is 0 Å². The number of ether oxygens (including phenoxy) is 1. The van der Waals surface area contributed by atoms with E-state index < -0.39 is 46.4 Å². The van der Waals surface area contributed by atoms with Gasteiger partial charge in [-0.3, -0.25) is 9.36 Å². The van der Waals surface area contributed by atoms with Crippen molar-refractivity contribution in [2.45, 2.75) is 50.0 Å². The van der Waals surface area contributed by atoms with E-state index in [0.29, 0.717) is 37.3 Å². The van der Waals surface area contributed by atoms with Gasteiger partial charge in [0.15, 0.2) is 0 Å². The maximum absolute atomic E-state index is 14.0. The van der Waals surface area contributed by atoms with Gasteiger partial charge in [0.2, 0.25) is 0 Å². The Morgan fingerprint density at radius 2 is 1.97 bits per heavy atom. The number of halogens is 4. The predicted molar refractivity (Wildman–Crippen MR) is 140 cm³/mol. The van der Waals surface area contributed by atoms with Crippen LogP contribution in [-0.4, -0.2) is 75.9 Å². The van der Waals surface area contributed by atoms with Gasteiger partial charge < -0.3 is 25.0 Å². The number of aromatic hydroxyl groups is 1. The summed E-state index contributed by atoms with van der Waals surface area (Å²) in [6.07, 6.45) is -0.484. The molecule has 3 aromatic rings. The molecule has 3 aliphatic rings. The van der Waals surface area contributed by atoms with Crippen LogP contribution < -0.4 is 20.5 Å². The van der Waals surface area contributed by atoms with Crippen molar-refractivity contribution in [3.8, 4) is 17.4 Å². The number of alkyl halides is 3. The molecule has 2 N–H and O–H groups in total.